The number of ketones is 1. The molecule has 2 heteroatoms. The van der Waals surface area contributed by atoms with Crippen LogP contribution in [-0.4, -0.2) is 12.9 Å². The largest absolute Gasteiger partial charge is 0.496 e. The highest BCUT2D eigenvalue weighted by Gasteiger charge is 2.25. The van der Waals surface area contributed by atoms with Crippen molar-refractivity contribution in [1.29, 1.82) is 0 Å². The highest BCUT2D eigenvalue weighted by molar-refractivity contribution is 5.84. The minimum absolute atomic E-state index is 0.0869. The molecule has 0 heterocycles. The van der Waals surface area contributed by atoms with Crippen molar-refractivity contribution in [2.45, 2.75) is 32.1 Å². The zero-order valence-electron chi connectivity index (χ0n) is 9.25. The summed E-state index contributed by atoms with van der Waals surface area (Å²) in [5.41, 5.74) is 2.40. The van der Waals surface area contributed by atoms with Crippen molar-refractivity contribution in [3.05, 3.63) is 29.3 Å². The number of benzene rings is 1. The SMILES string of the molecule is COc1cccc2c1CCCC2C(C)=O. The van der Waals surface area contributed by atoms with Gasteiger partial charge in [-0.2, -0.15) is 0 Å². The van der Waals surface area contributed by atoms with Crippen LogP contribution in [0.25, 0.3) is 0 Å². The predicted octanol–water partition coefficient (Wildman–Crippen LogP) is 2.70. The van der Waals surface area contributed by atoms with Crippen molar-refractivity contribution >= 4 is 5.78 Å². The molecule has 1 aromatic rings. The average Bonchev–Trinajstić information content (AvgIpc) is 2.27. The third-order valence-electron chi connectivity index (χ3n) is 3.17. The third kappa shape index (κ3) is 1.76. The van der Waals surface area contributed by atoms with Crippen molar-refractivity contribution in [2.24, 2.45) is 0 Å². The molecule has 1 aliphatic rings. The summed E-state index contributed by atoms with van der Waals surface area (Å²) in [7, 11) is 1.69. The van der Waals surface area contributed by atoms with Crippen LogP contribution in [0.4, 0.5) is 0 Å². The van der Waals surface area contributed by atoms with Gasteiger partial charge in [-0.1, -0.05) is 12.1 Å². The minimum atomic E-state index is 0.0869. The molecule has 1 aliphatic carbocycles. The molecular weight excluding hydrogens is 188 g/mol. The molecule has 0 amide bonds. The first-order chi connectivity index (χ1) is 7.24. The van der Waals surface area contributed by atoms with E-state index in [4.69, 9.17) is 4.74 Å². The molecule has 0 bridgehead atoms. The minimum Gasteiger partial charge on any atom is -0.496 e. The Morgan fingerprint density at radius 1 is 1.47 bits per heavy atom. The maximum absolute atomic E-state index is 11.5. The van der Waals surface area contributed by atoms with Crippen molar-refractivity contribution in [2.75, 3.05) is 7.11 Å². The van der Waals surface area contributed by atoms with Gasteiger partial charge < -0.3 is 4.74 Å². The predicted molar refractivity (Wildman–Crippen MR) is 59.4 cm³/mol. The van der Waals surface area contributed by atoms with Crippen molar-refractivity contribution < 1.29 is 9.53 Å². The second-order valence-corrected chi connectivity index (χ2v) is 4.08. The Bertz CT molecular complexity index is 382. The molecule has 80 valence electrons. The summed E-state index contributed by atoms with van der Waals surface area (Å²) < 4.78 is 5.33. The van der Waals surface area contributed by atoms with E-state index < -0.39 is 0 Å². The van der Waals surface area contributed by atoms with Crippen LogP contribution < -0.4 is 4.74 Å². The lowest BCUT2D eigenvalue weighted by Gasteiger charge is -2.24. The summed E-state index contributed by atoms with van der Waals surface area (Å²) in [6.07, 6.45) is 3.09. The Morgan fingerprint density at radius 2 is 2.27 bits per heavy atom. The molecule has 0 aliphatic heterocycles. The molecule has 0 saturated carbocycles. The summed E-state index contributed by atoms with van der Waals surface area (Å²) >= 11 is 0. The first-order valence-corrected chi connectivity index (χ1v) is 5.40. The van der Waals surface area contributed by atoms with Gasteiger partial charge in [0.05, 0.1) is 7.11 Å². The number of ether oxygens (including phenoxy) is 1. The Kier molecular flexibility index (Phi) is 2.76. The van der Waals surface area contributed by atoms with E-state index in [2.05, 4.69) is 6.07 Å². The summed E-state index contributed by atoms with van der Waals surface area (Å²) in [6.45, 7) is 1.68. The van der Waals surface area contributed by atoms with Crippen molar-refractivity contribution in [1.82, 2.24) is 0 Å². The topological polar surface area (TPSA) is 26.3 Å². The molecule has 0 fully saturated rings. The fraction of sp³-hybridized carbons (Fsp3) is 0.462. The summed E-state index contributed by atoms with van der Waals surface area (Å²) in [5, 5.41) is 0. The highest BCUT2D eigenvalue weighted by Crippen LogP contribution is 2.36. The Hall–Kier alpha value is -1.31. The quantitative estimate of drug-likeness (QED) is 0.740. The second kappa shape index (κ2) is 4.05. The third-order valence-corrected chi connectivity index (χ3v) is 3.17. The van der Waals surface area contributed by atoms with Crippen molar-refractivity contribution in [3.8, 4) is 5.75 Å². The molecule has 2 rings (SSSR count). The van der Waals surface area contributed by atoms with Gasteiger partial charge in [-0.05, 0) is 43.4 Å². The first-order valence-electron chi connectivity index (χ1n) is 5.40. The molecule has 0 N–H and O–H groups in total. The van der Waals surface area contributed by atoms with E-state index in [-0.39, 0.29) is 11.7 Å². The lowest BCUT2D eigenvalue weighted by atomic mass is 9.80. The molecule has 0 aromatic heterocycles. The average molecular weight is 204 g/mol. The maximum atomic E-state index is 11.5. The zero-order chi connectivity index (χ0) is 10.8. The number of fused-ring (bicyclic) bond motifs is 1. The Balaban J connectivity index is 2.48. The summed E-state index contributed by atoms with van der Waals surface area (Å²) in [6, 6.07) is 6.00. The van der Waals surface area contributed by atoms with E-state index in [1.807, 2.05) is 12.1 Å². The molecule has 0 saturated heterocycles. The van der Waals surface area contributed by atoms with Crippen LogP contribution in [-0.2, 0) is 11.2 Å². The van der Waals surface area contributed by atoms with Crippen LogP contribution >= 0.6 is 0 Å². The summed E-state index contributed by atoms with van der Waals surface area (Å²) in [4.78, 5) is 11.5. The smallest absolute Gasteiger partial charge is 0.137 e. The molecule has 0 radical (unpaired) electrons. The van der Waals surface area contributed by atoms with Gasteiger partial charge in [0.15, 0.2) is 0 Å². The lowest BCUT2D eigenvalue weighted by molar-refractivity contribution is -0.118. The van der Waals surface area contributed by atoms with Crippen LogP contribution in [0.5, 0.6) is 5.75 Å². The molecular formula is C13H16O2. The van der Waals surface area contributed by atoms with E-state index in [9.17, 15) is 4.79 Å². The first kappa shape index (κ1) is 10.2. The van der Waals surface area contributed by atoms with Crippen LogP contribution in [0.1, 0.15) is 36.8 Å². The van der Waals surface area contributed by atoms with E-state index in [1.54, 1.807) is 14.0 Å². The molecule has 1 aromatic carbocycles. The van der Waals surface area contributed by atoms with Gasteiger partial charge in [0.2, 0.25) is 0 Å². The van der Waals surface area contributed by atoms with Crippen molar-refractivity contribution in [3.63, 3.8) is 0 Å². The Morgan fingerprint density at radius 3 is 2.93 bits per heavy atom. The van der Waals surface area contributed by atoms with E-state index in [0.717, 1.165) is 25.0 Å². The lowest BCUT2D eigenvalue weighted by Crippen LogP contribution is -2.16. The van der Waals surface area contributed by atoms with Crippen LogP contribution in [0.3, 0.4) is 0 Å². The highest BCUT2D eigenvalue weighted by atomic mass is 16.5. The molecule has 0 spiro atoms. The van der Waals surface area contributed by atoms with Gasteiger partial charge in [-0.3, -0.25) is 4.79 Å². The maximum Gasteiger partial charge on any atom is 0.137 e. The van der Waals surface area contributed by atoms with Gasteiger partial charge in [-0.15, -0.1) is 0 Å². The number of hydrogen-bond donors (Lipinski definition) is 0. The molecule has 1 unspecified atom stereocenters. The number of methoxy groups -OCH3 is 1. The molecule has 15 heavy (non-hydrogen) atoms. The van der Waals surface area contributed by atoms with E-state index in [0.29, 0.717) is 0 Å². The fourth-order valence-corrected chi connectivity index (χ4v) is 2.43. The monoisotopic (exact) mass is 204 g/mol. The van der Waals surface area contributed by atoms with Gasteiger partial charge in [0.1, 0.15) is 11.5 Å². The molecule has 2 nitrogen and oxygen atoms in total. The van der Waals surface area contributed by atoms with Crippen LogP contribution in [0, 0.1) is 0 Å². The number of Topliss-reactive ketones (excluding diaryl/α,β-unsaturated/α-hetero) is 1. The zero-order valence-corrected chi connectivity index (χ0v) is 9.25. The summed E-state index contributed by atoms with van der Waals surface area (Å²) in [5.74, 6) is 1.28. The normalized spacial score (nSPS) is 19.5. The number of carbonyl (C=O) groups excluding carboxylic acids is 1. The van der Waals surface area contributed by atoms with Crippen LogP contribution in [0.15, 0.2) is 18.2 Å². The fourth-order valence-electron chi connectivity index (χ4n) is 2.43. The van der Waals surface area contributed by atoms with E-state index >= 15 is 0 Å². The molecule has 1 atom stereocenters. The van der Waals surface area contributed by atoms with Gasteiger partial charge in [-0.25, -0.2) is 0 Å². The standard InChI is InChI=1S/C13H16O2/c1-9(14)10-5-3-7-12-11(10)6-4-8-13(12)15-2/h4,6,8,10H,3,5,7H2,1-2H3. The van der Waals surface area contributed by atoms with Gasteiger partial charge in [0, 0.05) is 5.92 Å². The number of rotatable bonds is 2. The second-order valence-electron chi connectivity index (χ2n) is 4.08. The van der Waals surface area contributed by atoms with E-state index in [1.165, 1.54) is 11.1 Å². The van der Waals surface area contributed by atoms with Crippen LogP contribution in [0.2, 0.25) is 0 Å². The number of carbonyl (C=O) groups is 1. The van der Waals surface area contributed by atoms with Gasteiger partial charge in [0.25, 0.3) is 0 Å². The number of hydrogen-bond acceptors (Lipinski definition) is 2. The Labute approximate surface area is 90.3 Å². The van der Waals surface area contributed by atoms with Gasteiger partial charge >= 0.3 is 0 Å².